The summed E-state index contributed by atoms with van der Waals surface area (Å²) in [4.78, 5) is 17.0. The Hall–Kier alpha value is -2.79. The lowest BCUT2D eigenvalue weighted by molar-refractivity contribution is -0.116. The summed E-state index contributed by atoms with van der Waals surface area (Å²) in [6.07, 6.45) is 0.410. The van der Waals surface area contributed by atoms with E-state index >= 15 is 0 Å². The normalized spacial score (nSPS) is 14.6. The standard InChI is InChI=1S/C23H27ClN4O3/c1-30-21-6-3-17(13-22(21)31-2)16-28-11-9-27(10-12-28)8-7-23(29)26-19-5-4-18(15-25)20(24)14-19/h3-6,13-14H,7-12,16H2,1-2H3,(H,26,29). The second-order valence-electron chi connectivity index (χ2n) is 7.41. The summed E-state index contributed by atoms with van der Waals surface area (Å²) < 4.78 is 10.7. The van der Waals surface area contributed by atoms with Crippen molar-refractivity contribution in [2.45, 2.75) is 13.0 Å². The molecule has 0 radical (unpaired) electrons. The maximum Gasteiger partial charge on any atom is 0.225 e. The molecule has 1 amide bonds. The highest BCUT2D eigenvalue weighted by molar-refractivity contribution is 6.32. The number of hydrogen-bond acceptors (Lipinski definition) is 6. The van der Waals surface area contributed by atoms with E-state index in [9.17, 15) is 4.79 Å². The van der Waals surface area contributed by atoms with Gasteiger partial charge in [-0.15, -0.1) is 0 Å². The number of hydrogen-bond donors (Lipinski definition) is 1. The van der Waals surface area contributed by atoms with E-state index in [2.05, 4.69) is 21.2 Å². The van der Waals surface area contributed by atoms with E-state index in [1.807, 2.05) is 18.2 Å². The third kappa shape index (κ3) is 6.34. The molecule has 2 aromatic rings. The van der Waals surface area contributed by atoms with Gasteiger partial charge in [-0.1, -0.05) is 17.7 Å². The van der Waals surface area contributed by atoms with Crippen molar-refractivity contribution in [1.82, 2.24) is 9.80 Å². The van der Waals surface area contributed by atoms with Gasteiger partial charge in [-0.05, 0) is 35.9 Å². The number of methoxy groups -OCH3 is 2. The molecule has 1 heterocycles. The van der Waals surface area contributed by atoms with Gasteiger partial charge in [0.2, 0.25) is 5.91 Å². The summed E-state index contributed by atoms with van der Waals surface area (Å²) in [7, 11) is 3.28. The zero-order valence-corrected chi connectivity index (χ0v) is 18.6. The molecule has 0 saturated carbocycles. The number of benzene rings is 2. The number of amides is 1. The van der Waals surface area contributed by atoms with Crippen LogP contribution in [0.25, 0.3) is 0 Å². The molecule has 0 atom stereocenters. The topological polar surface area (TPSA) is 77.8 Å². The summed E-state index contributed by atoms with van der Waals surface area (Å²) in [6, 6.07) is 12.9. The predicted molar refractivity (Wildman–Crippen MR) is 121 cm³/mol. The van der Waals surface area contributed by atoms with Gasteiger partial charge >= 0.3 is 0 Å². The summed E-state index contributed by atoms with van der Waals surface area (Å²) in [6.45, 7) is 5.29. The SMILES string of the molecule is COc1ccc(CN2CCN(CCC(=O)Nc3ccc(C#N)c(Cl)c3)CC2)cc1OC. The minimum atomic E-state index is -0.0615. The lowest BCUT2D eigenvalue weighted by atomic mass is 10.1. The molecule has 0 aromatic heterocycles. The van der Waals surface area contributed by atoms with Gasteiger partial charge in [0, 0.05) is 51.4 Å². The highest BCUT2D eigenvalue weighted by Crippen LogP contribution is 2.28. The van der Waals surface area contributed by atoms with Gasteiger partial charge < -0.3 is 19.7 Å². The Bertz CT molecular complexity index is 952. The maximum absolute atomic E-state index is 12.3. The molecular weight excluding hydrogens is 416 g/mol. The average molecular weight is 443 g/mol. The number of halogens is 1. The molecule has 2 aromatic carbocycles. The van der Waals surface area contributed by atoms with Crippen LogP contribution in [0.2, 0.25) is 5.02 Å². The number of nitrogens with one attached hydrogen (secondary N) is 1. The second-order valence-corrected chi connectivity index (χ2v) is 7.82. The van der Waals surface area contributed by atoms with Crippen molar-refractivity contribution in [1.29, 1.82) is 5.26 Å². The maximum atomic E-state index is 12.3. The third-order valence-electron chi connectivity index (χ3n) is 5.35. The van der Waals surface area contributed by atoms with Crippen LogP contribution in [0.4, 0.5) is 5.69 Å². The Morgan fingerprint density at radius 3 is 2.42 bits per heavy atom. The first-order chi connectivity index (χ1) is 15.0. The van der Waals surface area contributed by atoms with Crippen molar-refractivity contribution < 1.29 is 14.3 Å². The Morgan fingerprint density at radius 1 is 1.06 bits per heavy atom. The Balaban J connectivity index is 1.41. The number of ether oxygens (including phenoxy) is 2. The zero-order chi connectivity index (χ0) is 22.2. The van der Waals surface area contributed by atoms with E-state index < -0.39 is 0 Å². The van der Waals surface area contributed by atoms with Crippen molar-refractivity contribution >= 4 is 23.2 Å². The molecule has 0 spiro atoms. The quantitative estimate of drug-likeness (QED) is 0.675. The number of piperazine rings is 1. The predicted octanol–water partition coefficient (Wildman–Crippen LogP) is 3.38. The fourth-order valence-corrected chi connectivity index (χ4v) is 3.80. The van der Waals surface area contributed by atoms with Crippen LogP contribution < -0.4 is 14.8 Å². The van der Waals surface area contributed by atoms with Crippen LogP contribution in [0.15, 0.2) is 36.4 Å². The van der Waals surface area contributed by atoms with Crippen LogP contribution >= 0.6 is 11.6 Å². The number of carbonyl (C=O) groups is 1. The van der Waals surface area contributed by atoms with Crippen molar-refractivity contribution in [3.05, 3.63) is 52.5 Å². The largest absolute Gasteiger partial charge is 0.493 e. The molecule has 31 heavy (non-hydrogen) atoms. The molecule has 7 nitrogen and oxygen atoms in total. The first kappa shape index (κ1) is 22.9. The molecule has 0 aliphatic carbocycles. The highest BCUT2D eigenvalue weighted by atomic mass is 35.5. The number of nitriles is 1. The number of carbonyl (C=O) groups excluding carboxylic acids is 1. The van der Waals surface area contributed by atoms with Gasteiger partial charge in [-0.3, -0.25) is 9.69 Å². The van der Waals surface area contributed by atoms with Crippen LogP contribution in [0.1, 0.15) is 17.5 Å². The van der Waals surface area contributed by atoms with Gasteiger partial charge in [0.15, 0.2) is 11.5 Å². The molecule has 1 fully saturated rings. The lowest BCUT2D eigenvalue weighted by Gasteiger charge is -2.34. The molecule has 1 saturated heterocycles. The number of anilines is 1. The Morgan fingerprint density at radius 2 is 1.77 bits per heavy atom. The summed E-state index contributed by atoms with van der Waals surface area (Å²) in [5.41, 5.74) is 2.19. The van der Waals surface area contributed by atoms with E-state index in [-0.39, 0.29) is 5.91 Å². The fraction of sp³-hybridized carbons (Fsp3) is 0.391. The van der Waals surface area contributed by atoms with Gasteiger partial charge in [0.1, 0.15) is 6.07 Å². The minimum Gasteiger partial charge on any atom is -0.493 e. The van der Waals surface area contributed by atoms with E-state index in [4.69, 9.17) is 26.3 Å². The minimum absolute atomic E-state index is 0.0615. The summed E-state index contributed by atoms with van der Waals surface area (Å²) >= 11 is 6.02. The highest BCUT2D eigenvalue weighted by Gasteiger charge is 2.18. The molecule has 0 unspecified atom stereocenters. The van der Waals surface area contributed by atoms with Crippen LogP contribution in [-0.2, 0) is 11.3 Å². The number of nitrogens with zero attached hydrogens (tertiary/aromatic N) is 3. The van der Waals surface area contributed by atoms with E-state index in [0.29, 0.717) is 29.2 Å². The van der Waals surface area contributed by atoms with Crippen molar-refractivity contribution in [2.24, 2.45) is 0 Å². The fourth-order valence-electron chi connectivity index (χ4n) is 3.57. The molecular formula is C23H27ClN4O3. The number of rotatable bonds is 8. The third-order valence-corrected chi connectivity index (χ3v) is 5.66. The van der Waals surface area contributed by atoms with E-state index in [0.717, 1.165) is 44.2 Å². The van der Waals surface area contributed by atoms with Crippen LogP contribution in [0, 0.1) is 11.3 Å². The molecule has 8 heteroatoms. The summed E-state index contributed by atoms with van der Waals surface area (Å²) in [5.74, 6) is 1.42. The van der Waals surface area contributed by atoms with Gasteiger partial charge in [0.25, 0.3) is 0 Å². The first-order valence-electron chi connectivity index (χ1n) is 10.2. The van der Waals surface area contributed by atoms with Crippen LogP contribution in [0.5, 0.6) is 11.5 Å². The van der Waals surface area contributed by atoms with Crippen LogP contribution in [-0.4, -0.2) is 62.7 Å². The Labute approximate surface area is 188 Å². The van der Waals surface area contributed by atoms with Gasteiger partial charge in [-0.25, -0.2) is 0 Å². The van der Waals surface area contributed by atoms with Crippen LogP contribution in [0.3, 0.4) is 0 Å². The summed E-state index contributed by atoms with van der Waals surface area (Å²) in [5, 5.41) is 12.1. The lowest BCUT2D eigenvalue weighted by Crippen LogP contribution is -2.46. The van der Waals surface area contributed by atoms with Gasteiger partial charge in [-0.2, -0.15) is 5.26 Å². The first-order valence-corrected chi connectivity index (χ1v) is 10.5. The molecule has 1 aliphatic rings. The molecule has 164 valence electrons. The van der Waals surface area contributed by atoms with Crippen molar-refractivity contribution in [2.75, 3.05) is 52.3 Å². The second kappa shape index (κ2) is 11.0. The smallest absolute Gasteiger partial charge is 0.225 e. The average Bonchev–Trinajstić information content (AvgIpc) is 2.78. The zero-order valence-electron chi connectivity index (χ0n) is 17.9. The van der Waals surface area contributed by atoms with E-state index in [1.165, 1.54) is 5.56 Å². The van der Waals surface area contributed by atoms with Gasteiger partial charge in [0.05, 0.1) is 24.8 Å². The molecule has 3 rings (SSSR count). The molecule has 1 aliphatic heterocycles. The molecule has 1 N–H and O–H groups in total. The van der Waals surface area contributed by atoms with Crippen molar-refractivity contribution in [3.8, 4) is 17.6 Å². The monoisotopic (exact) mass is 442 g/mol. The molecule has 0 bridgehead atoms. The van der Waals surface area contributed by atoms with Crippen molar-refractivity contribution in [3.63, 3.8) is 0 Å². The Kier molecular flexibility index (Phi) is 8.13. The van der Waals surface area contributed by atoms with E-state index in [1.54, 1.807) is 32.4 Å².